The standard InChI is InChI=1S/C16H25N5O2S/c1-10(2)19-6-4-12(5-7-19)21-13-8-20(9-14(13)23-16(21)22)15-17-11(3)18-24-15/h10,12-14H,4-9H2,1-3H3/t13-,14+/m1/s1. The molecule has 1 aromatic rings. The van der Waals surface area contributed by atoms with E-state index in [9.17, 15) is 4.79 Å². The van der Waals surface area contributed by atoms with Crippen LogP contribution in [0.15, 0.2) is 0 Å². The Kier molecular flexibility index (Phi) is 4.12. The molecule has 0 bridgehead atoms. The average molecular weight is 351 g/mol. The van der Waals surface area contributed by atoms with Crippen LogP contribution in [0.1, 0.15) is 32.5 Å². The second-order valence-corrected chi connectivity index (χ2v) is 8.02. The molecule has 0 saturated carbocycles. The molecule has 2 atom stereocenters. The normalized spacial score (nSPS) is 28.8. The Bertz CT molecular complexity index is 613. The summed E-state index contributed by atoms with van der Waals surface area (Å²) in [6.45, 7) is 10.0. The largest absolute Gasteiger partial charge is 0.442 e. The van der Waals surface area contributed by atoms with Gasteiger partial charge in [0.15, 0.2) is 0 Å². The molecule has 24 heavy (non-hydrogen) atoms. The molecule has 8 heteroatoms. The molecule has 3 aliphatic heterocycles. The Morgan fingerprint density at radius 3 is 2.62 bits per heavy atom. The van der Waals surface area contributed by atoms with E-state index in [1.807, 2.05) is 11.8 Å². The van der Waals surface area contributed by atoms with Gasteiger partial charge in [0.2, 0.25) is 5.13 Å². The number of anilines is 1. The van der Waals surface area contributed by atoms with Gasteiger partial charge in [-0.1, -0.05) is 0 Å². The number of ether oxygens (including phenoxy) is 1. The summed E-state index contributed by atoms with van der Waals surface area (Å²) in [5, 5.41) is 0.938. The maximum Gasteiger partial charge on any atom is 0.410 e. The predicted molar refractivity (Wildman–Crippen MR) is 92.5 cm³/mol. The minimum Gasteiger partial charge on any atom is -0.442 e. The average Bonchev–Trinajstić information content (AvgIpc) is 3.21. The molecule has 4 rings (SSSR count). The predicted octanol–water partition coefficient (Wildman–Crippen LogP) is 1.73. The van der Waals surface area contributed by atoms with Crippen molar-refractivity contribution in [3.05, 3.63) is 5.82 Å². The highest BCUT2D eigenvalue weighted by Crippen LogP contribution is 2.34. The van der Waals surface area contributed by atoms with Gasteiger partial charge in [0.1, 0.15) is 11.9 Å². The maximum atomic E-state index is 12.4. The van der Waals surface area contributed by atoms with Crippen LogP contribution >= 0.6 is 11.5 Å². The molecule has 0 N–H and O–H groups in total. The lowest BCUT2D eigenvalue weighted by molar-refractivity contribution is 0.0946. The van der Waals surface area contributed by atoms with Gasteiger partial charge in [0, 0.05) is 43.3 Å². The number of hydrogen-bond acceptors (Lipinski definition) is 7. The molecule has 0 spiro atoms. The van der Waals surface area contributed by atoms with E-state index in [1.54, 1.807) is 0 Å². The number of carbonyl (C=O) groups excluding carboxylic acids is 1. The number of amides is 1. The lowest BCUT2D eigenvalue weighted by Gasteiger charge is -2.39. The van der Waals surface area contributed by atoms with E-state index in [4.69, 9.17) is 4.74 Å². The van der Waals surface area contributed by atoms with E-state index in [0.29, 0.717) is 12.1 Å². The molecular weight excluding hydrogens is 326 g/mol. The van der Waals surface area contributed by atoms with Crippen LogP contribution in [0.25, 0.3) is 0 Å². The van der Waals surface area contributed by atoms with Crippen LogP contribution in [0.5, 0.6) is 0 Å². The van der Waals surface area contributed by atoms with Crippen LogP contribution in [-0.2, 0) is 4.74 Å². The maximum absolute atomic E-state index is 12.4. The second-order valence-electron chi connectivity index (χ2n) is 7.29. The van der Waals surface area contributed by atoms with Crippen molar-refractivity contribution in [1.29, 1.82) is 0 Å². The molecule has 3 aliphatic rings. The highest BCUT2D eigenvalue weighted by molar-refractivity contribution is 7.09. The fourth-order valence-corrected chi connectivity index (χ4v) is 4.83. The van der Waals surface area contributed by atoms with Crippen molar-refractivity contribution in [3.63, 3.8) is 0 Å². The minimum absolute atomic E-state index is 0.0372. The van der Waals surface area contributed by atoms with Crippen molar-refractivity contribution in [2.45, 2.75) is 57.8 Å². The molecular formula is C16H25N5O2S. The molecule has 3 fully saturated rings. The summed E-state index contributed by atoms with van der Waals surface area (Å²) in [5.41, 5.74) is 0. The lowest BCUT2D eigenvalue weighted by atomic mass is 10.0. The summed E-state index contributed by atoms with van der Waals surface area (Å²) in [7, 11) is 0. The van der Waals surface area contributed by atoms with Gasteiger partial charge in [-0.3, -0.25) is 4.90 Å². The van der Waals surface area contributed by atoms with E-state index in [1.165, 1.54) is 11.5 Å². The van der Waals surface area contributed by atoms with Crippen molar-refractivity contribution in [2.24, 2.45) is 0 Å². The van der Waals surface area contributed by atoms with Gasteiger partial charge in [-0.05, 0) is 33.6 Å². The molecule has 0 aromatic carbocycles. The molecule has 1 amide bonds. The molecule has 0 radical (unpaired) electrons. The molecule has 4 heterocycles. The number of piperidine rings is 1. The van der Waals surface area contributed by atoms with E-state index < -0.39 is 0 Å². The Morgan fingerprint density at radius 2 is 2.00 bits per heavy atom. The number of likely N-dealkylation sites (tertiary alicyclic amines) is 1. The zero-order chi connectivity index (χ0) is 16.8. The van der Waals surface area contributed by atoms with Gasteiger partial charge in [-0.2, -0.15) is 4.37 Å². The third kappa shape index (κ3) is 2.75. The Labute approximate surface area is 146 Å². The summed E-state index contributed by atoms with van der Waals surface area (Å²) in [5.74, 6) is 0.807. The summed E-state index contributed by atoms with van der Waals surface area (Å²) >= 11 is 1.43. The van der Waals surface area contributed by atoms with Crippen molar-refractivity contribution in [2.75, 3.05) is 31.1 Å². The van der Waals surface area contributed by atoms with Gasteiger partial charge in [0.05, 0.1) is 12.6 Å². The minimum atomic E-state index is -0.124. The highest BCUT2D eigenvalue weighted by atomic mass is 32.1. The van der Waals surface area contributed by atoms with Gasteiger partial charge in [0.25, 0.3) is 0 Å². The van der Waals surface area contributed by atoms with E-state index >= 15 is 0 Å². The van der Waals surface area contributed by atoms with Crippen molar-refractivity contribution < 1.29 is 9.53 Å². The van der Waals surface area contributed by atoms with Gasteiger partial charge < -0.3 is 14.5 Å². The first-order valence-electron chi connectivity index (χ1n) is 8.81. The van der Waals surface area contributed by atoms with Crippen LogP contribution in [0.3, 0.4) is 0 Å². The summed E-state index contributed by atoms with van der Waals surface area (Å²) in [6.07, 6.45) is 1.91. The number of fused-ring (bicyclic) bond motifs is 1. The number of aryl methyl sites for hydroxylation is 1. The highest BCUT2D eigenvalue weighted by Gasteiger charge is 2.51. The zero-order valence-corrected chi connectivity index (χ0v) is 15.3. The van der Waals surface area contributed by atoms with Gasteiger partial charge in [-0.25, -0.2) is 9.78 Å². The summed E-state index contributed by atoms with van der Waals surface area (Å²) in [6, 6.07) is 1.03. The molecule has 0 unspecified atom stereocenters. The van der Waals surface area contributed by atoms with E-state index in [-0.39, 0.29) is 18.2 Å². The van der Waals surface area contributed by atoms with E-state index in [2.05, 4.69) is 33.0 Å². The van der Waals surface area contributed by atoms with Gasteiger partial charge >= 0.3 is 6.09 Å². The monoisotopic (exact) mass is 351 g/mol. The smallest absolute Gasteiger partial charge is 0.410 e. The van der Waals surface area contributed by atoms with Crippen LogP contribution in [0, 0.1) is 6.92 Å². The van der Waals surface area contributed by atoms with Crippen molar-refractivity contribution in [1.82, 2.24) is 19.2 Å². The lowest BCUT2D eigenvalue weighted by Crippen LogP contribution is -2.51. The first kappa shape index (κ1) is 16.1. The van der Waals surface area contributed by atoms with Crippen LogP contribution in [0.2, 0.25) is 0 Å². The quantitative estimate of drug-likeness (QED) is 0.826. The van der Waals surface area contributed by atoms with Crippen LogP contribution < -0.4 is 4.90 Å². The van der Waals surface area contributed by atoms with Crippen LogP contribution in [0.4, 0.5) is 9.93 Å². The Hall–Kier alpha value is -1.41. The third-order valence-corrected chi connectivity index (χ3v) is 6.34. The van der Waals surface area contributed by atoms with E-state index in [0.717, 1.165) is 50.0 Å². The molecule has 3 saturated heterocycles. The SMILES string of the molecule is Cc1nsc(N2C[C@@H]3OC(=O)N(C4CCN(C(C)C)CC4)[C@@H]3C2)n1. The van der Waals surface area contributed by atoms with Crippen molar-refractivity contribution >= 4 is 22.8 Å². The molecule has 1 aromatic heterocycles. The second kappa shape index (κ2) is 6.15. The third-order valence-electron chi connectivity index (χ3n) is 5.47. The van der Waals surface area contributed by atoms with Crippen molar-refractivity contribution in [3.8, 4) is 0 Å². The molecule has 132 valence electrons. The Balaban J connectivity index is 1.44. The number of nitrogens with zero attached hydrogens (tertiary/aromatic N) is 5. The first-order chi connectivity index (χ1) is 11.5. The number of hydrogen-bond donors (Lipinski definition) is 0. The number of rotatable bonds is 3. The number of aromatic nitrogens is 2. The fraction of sp³-hybridized carbons (Fsp3) is 0.812. The summed E-state index contributed by atoms with van der Waals surface area (Å²) in [4.78, 5) is 23.6. The van der Waals surface area contributed by atoms with Gasteiger partial charge in [-0.15, -0.1) is 0 Å². The summed E-state index contributed by atoms with van der Waals surface area (Å²) < 4.78 is 9.94. The first-order valence-corrected chi connectivity index (χ1v) is 9.58. The number of carbonyl (C=O) groups is 1. The zero-order valence-electron chi connectivity index (χ0n) is 14.5. The molecule has 7 nitrogen and oxygen atoms in total. The topological polar surface area (TPSA) is 61.8 Å². The van der Waals surface area contributed by atoms with Crippen LogP contribution in [-0.4, -0.2) is 75.7 Å². The molecule has 0 aliphatic carbocycles. The fourth-order valence-electron chi connectivity index (χ4n) is 4.14. The Morgan fingerprint density at radius 1 is 1.25 bits per heavy atom.